The van der Waals surface area contributed by atoms with Crippen LogP contribution >= 0.6 is 0 Å². The van der Waals surface area contributed by atoms with Gasteiger partial charge in [0.2, 0.25) is 5.91 Å². The fourth-order valence-corrected chi connectivity index (χ4v) is 1.09. The number of carboxylic acids is 1. The first-order valence-corrected chi connectivity index (χ1v) is 5.37. The van der Waals surface area contributed by atoms with Crippen molar-refractivity contribution in [3.05, 3.63) is 0 Å². The van der Waals surface area contributed by atoms with Crippen molar-refractivity contribution in [1.82, 2.24) is 15.5 Å². The minimum atomic E-state index is -1.07. The maximum atomic E-state index is 11.5. The molecule has 0 radical (unpaired) electrons. The maximum Gasteiger partial charge on any atom is 0.326 e. The molecule has 0 saturated heterocycles. The molecule has 0 rings (SSSR count). The largest absolute Gasteiger partial charge is 0.480 e. The van der Waals surface area contributed by atoms with Crippen LogP contribution in [-0.2, 0) is 9.59 Å². The molecular formula is C10H19N3O4. The molecule has 7 heteroatoms. The second kappa shape index (κ2) is 7.48. The molecule has 0 aliphatic heterocycles. The Morgan fingerprint density at radius 1 is 1.35 bits per heavy atom. The number of urea groups is 1. The van der Waals surface area contributed by atoms with Crippen LogP contribution in [0.5, 0.6) is 0 Å². The molecule has 0 fully saturated rings. The summed E-state index contributed by atoms with van der Waals surface area (Å²) < 4.78 is 0. The van der Waals surface area contributed by atoms with Crippen LogP contribution in [0, 0.1) is 0 Å². The number of amides is 3. The fourth-order valence-electron chi connectivity index (χ4n) is 1.09. The Balaban J connectivity index is 4.12. The standard InChI is InChI=1S/C10H19N3O4/c1-4-7(9(15)16)12-10(17)13(3)6-5-8(14)11-2/h7H,4-6H2,1-3H3,(H,11,14)(H,12,17)(H,15,16)/t7-/m0/s1. The number of carbonyl (C=O) groups is 3. The van der Waals surface area contributed by atoms with Gasteiger partial charge >= 0.3 is 12.0 Å². The molecule has 0 aliphatic rings. The van der Waals surface area contributed by atoms with E-state index in [0.29, 0.717) is 6.42 Å². The average Bonchev–Trinajstić information content (AvgIpc) is 2.31. The van der Waals surface area contributed by atoms with E-state index in [9.17, 15) is 14.4 Å². The normalized spacial score (nSPS) is 11.5. The Labute approximate surface area is 100 Å². The third-order valence-corrected chi connectivity index (χ3v) is 2.30. The van der Waals surface area contributed by atoms with Gasteiger partial charge in [-0.05, 0) is 6.42 Å². The lowest BCUT2D eigenvalue weighted by Gasteiger charge is -2.20. The van der Waals surface area contributed by atoms with Crippen LogP contribution in [0.3, 0.4) is 0 Å². The lowest BCUT2D eigenvalue weighted by Crippen LogP contribution is -2.47. The van der Waals surface area contributed by atoms with E-state index in [1.165, 1.54) is 19.0 Å². The van der Waals surface area contributed by atoms with Crippen LogP contribution in [-0.4, -0.2) is 54.6 Å². The average molecular weight is 245 g/mol. The first-order valence-electron chi connectivity index (χ1n) is 5.37. The van der Waals surface area contributed by atoms with E-state index >= 15 is 0 Å². The van der Waals surface area contributed by atoms with Gasteiger partial charge in [-0.15, -0.1) is 0 Å². The molecule has 0 saturated carbocycles. The molecule has 17 heavy (non-hydrogen) atoms. The number of carboxylic acid groups (broad SMARTS) is 1. The molecule has 0 aliphatic carbocycles. The van der Waals surface area contributed by atoms with Crippen molar-refractivity contribution in [2.45, 2.75) is 25.8 Å². The molecule has 0 aromatic carbocycles. The Morgan fingerprint density at radius 3 is 2.35 bits per heavy atom. The van der Waals surface area contributed by atoms with E-state index in [2.05, 4.69) is 10.6 Å². The maximum absolute atomic E-state index is 11.5. The topological polar surface area (TPSA) is 98.7 Å². The fraction of sp³-hybridized carbons (Fsp3) is 0.700. The quantitative estimate of drug-likeness (QED) is 0.594. The highest BCUT2D eigenvalue weighted by molar-refractivity contribution is 5.83. The number of aliphatic carboxylic acids is 1. The predicted octanol–water partition coefficient (Wildman–Crippen LogP) is -0.373. The number of hydrogen-bond donors (Lipinski definition) is 3. The zero-order valence-corrected chi connectivity index (χ0v) is 10.3. The Morgan fingerprint density at radius 2 is 1.94 bits per heavy atom. The minimum Gasteiger partial charge on any atom is -0.480 e. The molecule has 0 spiro atoms. The summed E-state index contributed by atoms with van der Waals surface area (Å²) in [4.78, 5) is 34.5. The van der Waals surface area contributed by atoms with Crippen LogP contribution in [0.4, 0.5) is 4.79 Å². The number of carbonyl (C=O) groups excluding carboxylic acids is 2. The highest BCUT2D eigenvalue weighted by Gasteiger charge is 2.19. The molecule has 0 heterocycles. The van der Waals surface area contributed by atoms with Crippen LogP contribution in [0.15, 0.2) is 0 Å². The smallest absolute Gasteiger partial charge is 0.326 e. The van der Waals surface area contributed by atoms with E-state index in [1.807, 2.05) is 0 Å². The van der Waals surface area contributed by atoms with Crippen molar-refractivity contribution in [3.8, 4) is 0 Å². The molecular weight excluding hydrogens is 226 g/mol. The molecule has 0 aromatic rings. The Hall–Kier alpha value is -1.79. The first-order chi connectivity index (χ1) is 7.92. The van der Waals surface area contributed by atoms with Gasteiger partial charge in [-0.2, -0.15) is 0 Å². The molecule has 0 bridgehead atoms. The lowest BCUT2D eigenvalue weighted by molar-refractivity contribution is -0.139. The van der Waals surface area contributed by atoms with E-state index in [4.69, 9.17) is 5.11 Å². The molecule has 0 aromatic heterocycles. The molecule has 7 nitrogen and oxygen atoms in total. The van der Waals surface area contributed by atoms with Crippen LogP contribution in [0.1, 0.15) is 19.8 Å². The number of rotatable bonds is 6. The van der Waals surface area contributed by atoms with Gasteiger partial charge in [0, 0.05) is 27.1 Å². The van der Waals surface area contributed by atoms with E-state index in [-0.39, 0.29) is 18.9 Å². The summed E-state index contributed by atoms with van der Waals surface area (Å²) in [5, 5.41) is 13.6. The van der Waals surface area contributed by atoms with Gasteiger partial charge in [0.25, 0.3) is 0 Å². The zero-order chi connectivity index (χ0) is 13.4. The van der Waals surface area contributed by atoms with Crippen molar-refractivity contribution in [2.75, 3.05) is 20.6 Å². The van der Waals surface area contributed by atoms with Crippen molar-refractivity contribution in [2.24, 2.45) is 0 Å². The highest BCUT2D eigenvalue weighted by Crippen LogP contribution is 1.95. The van der Waals surface area contributed by atoms with E-state index < -0.39 is 18.0 Å². The second-order valence-electron chi connectivity index (χ2n) is 3.59. The van der Waals surface area contributed by atoms with Gasteiger partial charge in [-0.25, -0.2) is 9.59 Å². The van der Waals surface area contributed by atoms with Crippen LogP contribution in [0.25, 0.3) is 0 Å². The van der Waals surface area contributed by atoms with Gasteiger partial charge in [0.15, 0.2) is 0 Å². The van der Waals surface area contributed by atoms with Gasteiger partial charge in [-0.1, -0.05) is 6.92 Å². The number of nitrogens with one attached hydrogen (secondary N) is 2. The Kier molecular flexibility index (Phi) is 6.69. The monoisotopic (exact) mass is 245 g/mol. The molecule has 0 unspecified atom stereocenters. The third kappa shape index (κ3) is 5.74. The van der Waals surface area contributed by atoms with Gasteiger partial charge in [0.1, 0.15) is 6.04 Å². The van der Waals surface area contributed by atoms with Gasteiger partial charge in [0.05, 0.1) is 0 Å². The van der Waals surface area contributed by atoms with Crippen LogP contribution < -0.4 is 10.6 Å². The summed E-state index contributed by atoms with van der Waals surface area (Å²) in [5.41, 5.74) is 0. The summed E-state index contributed by atoms with van der Waals surface area (Å²) in [6.07, 6.45) is 0.495. The SMILES string of the molecule is CC[C@H](NC(=O)N(C)CCC(=O)NC)C(=O)O. The summed E-state index contributed by atoms with van der Waals surface area (Å²) in [6.45, 7) is 1.91. The number of nitrogens with zero attached hydrogens (tertiary/aromatic N) is 1. The minimum absolute atomic E-state index is 0.171. The van der Waals surface area contributed by atoms with E-state index in [1.54, 1.807) is 6.92 Å². The summed E-state index contributed by atoms with van der Waals surface area (Å²) in [5.74, 6) is -1.24. The first kappa shape index (κ1) is 15.2. The summed E-state index contributed by atoms with van der Waals surface area (Å²) in [7, 11) is 3.02. The zero-order valence-electron chi connectivity index (χ0n) is 10.3. The van der Waals surface area contributed by atoms with Crippen molar-refractivity contribution in [3.63, 3.8) is 0 Å². The van der Waals surface area contributed by atoms with Crippen molar-refractivity contribution >= 4 is 17.9 Å². The van der Waals surface area contributed by atoms with E-state index in [0.717, 1.165) is 0 Å². The molecule has 1 atom stereocenters. The highest BCUT2D eigenvalue weighted by atomic mass is 16.4. The summed E-state index contributed by atoms with van der Waals surface area (Å²) >= 11 is 0. The van der Waals surface area contributed by atoms with Gasteiger partial charge < -0.3 is 20.6 Å². The number of hydrogen-bond acceptors (Lipinski definition) is 3. The summed E-state index contributed by atoms with van der Waals surface area (Å²) in [6, 6.07) is -1.40. The van der Waals surface area contributed by atoms with Crippen molar-refractivity contribution in [1.29, 1.82) is 0 Å². The predicted molar refractivity (Wildman–Crippen MR) is 61.6 cm³/mol. The molecule has 3 amide bonds. The van der Waals surface area contributed by atoms with Gasteiger partial charge in [-0.3, -0.25) is 4.79 Å². The Bertz CT molecular complexity index is 293. The third-order valence-electron chi connectivity index (χ3n) is 2.30. The van der Waals surface area contributed by atoms with Crippen molar-refractivity contribution < 1.29 is 19.5 Å². The molecule has 98 valence electrons. The molecule has 3 N–H and O–H groups in total. The second-order valence-corrected chi connectivity index (χ2v) is 3.59. The lowest BCUT2D eigenvalue weighted by atomic mass is 10.2. The van der Waals surface area contributed by atoms with Crippen LogP contribution in [0.2, 0.25) is 0 Å².